The molecule has 0 unspecified atom stereocenters. The Hall–Kier alpha value is -0.710. The molecule has 1 fully saturated rings. The van der Waals surface area contributed by atoms with Crippen molar-refractivity contribution in [3.05, 3.63) is 0 Å². The zero-order valence-electron chi connectivity index (χ0n) is 7.94. The molecule has 14 heavy (non-hydrogen) atoms. The third-order valence-corrected chi connectivity index (χ3v) is 3.88. The van der Waals surface area contributed by atoms with Gasteiger partial charge in [0, 0.05) is 5.25 Å². The van der Waals surface area contributed by atoms with Crippen LogP contribution in [0.15, 0.2) is 0 Å². The Kier molecular flexibility index (Phi) is 4.25. The summed E-state index contributed by atoms with van der Waals surface area (Å²) in [7, 11) is 0. The van der Waals surface area contributed by atoms with Gasteiger partial charge in [0.15, 0.2) is 0 Å². The molecule has 1 aliphatic carbocycles. The van der Waals surface area contributed by atoms with Crippen LogP contribution in [0.5, 0.6) is 0 Å². The van der Waals surface area contributed by atoms with E-state index in [0.29, 0.717) is 11.0 Å². The van der Waals surface area contributed by atoms with Gasteiger partial charge in [-0.15, -0.1) is 11.8 Å². The van der Waals surface area contributed by atoms with Gasteiger partial charge in [-0.25, -0.2) is 0 Å². The summed E-state index contributed by atoms with van der Waals surface area (Å²) in [6.45, 7) is 0. The lowest BCUT2D eigenvalue weighted by atomic mass is 9.89. The van der Waals surface area contributed by atoms with Crippen molar-refractivity contribution in [3.63, 3.8) is 0 Å². The van der Waals surface area contributed by atoms with Crippen molar-refractivity contribution in [1.29, 1.82) is 0 Å². The van der Waals surface area contributed by atoms with Crippen molar-refractivity contribution < 1.29 is 14.7 Å². The normalized spacial score (nSPS) is 27.1. The first kappa shape index (κ1) is 11.4. The van der Waals surface area contributed by atoms with Gasteiger partial charge < -0.3 is 10.8 Å². The number of nitrogens with two attached hydrogens (primary N) is 1. The number of rotatable bonds is 4. The van der Waals surface area contributed by atoms with Crippen molar-refractivity contribution in [1.82, 2.24) is 0 Å². The number of amides is 1. The molecule has 1 aliphatic rings. The predicted molar refractivity (Wildman–Crippen MR) is 55.0 cm³/mol. The van der Waals surface area contributed by atoms with Crippen LogP contribution in [-0.4, -0.2) is 28.0 Å². The molecule has 0 aromatic rings. The van der Waals surface area contributed by atoms with E-state index < -0.39 is 5.97 Å². The van der Waals surface area contributed by atoms with Crippen LogP contribution in [0.1, 0.15) is 25.7 Å². The first-order chi connectivity index (χ1) is 6.59. The molecule has 0 saturated heterocycles. The third-order valence-electron chi connectivity index (χ3n) is 2.48. The maximum absolute atomic E-state index is 10.6. The van der Waals surface area contributed by atoms with E-state index in [1.54, 1.807) is 11.8 Å². The fourth-order valence-electron chi connectivity index (χ4n) is 1.68. The minimum Gasteiger partial charge on any atom is -0.481 e. The minimum atomic E-state index is -0.691. The molecule has 1 saturated carbocycles. The van der Waals surface area contributed by atoms with Gasteiger partial charge >= 0.3 is 5.97 Å². The van der Waals surface area contributed by atoms with Crippen molar-refractivity contribution in [2.24, 2.45) is 11.7 Å². The second-order valence-electron chi connectivity index (χ2n) is 3.59. The summed E-state index contributed by atoms with van der Waals surface area (Å²) < 4.78 is 0. The summed E-state index contributed by atoms with van der Waals surface area (Å²) in [6.07, 6.45) is 3.22. The molecule has 4 nitrogen and oxygen atoms in total. The fraction of sp³-hybridized carbons (Fsp3) is 0.778. The summed E-state index contributed by atoms with van der Waals surface area (Å²) in [5, 5.41) is 9.18. The summed E-state index contributed by atoms with van der Waals surface area (Å²) in [4.78, 5) is 21.2. The van der Waals surface area contributed by atoms with Crippen molar-refractivity contribution in [2.45, 2.75) is 30.9 Å². The summed E-state index contributed by atoms with van der Waals surface area (Å²) in [6, 6.07) is 0. The van der Waals surface area contributed by atoms with Crippen LogP contribution in [-0.2, 0) is 9.59 Å². The lowest BCUT2D eigenvalue weighted by molar-refractivity contribution is -0.142. The van der Waals surface area contributed by atoms with Crippen LogP contribution in [0.2, 0.25) is 0 Å². The zero-order chi connectivity index (χ0) is 10.6. The molecule has 3 N–H and O–H groups in total. The van der Waals surface area contributed by atoms with Gasteiger partial charge in [-0.1, -0.05) is 0 Å². The molecule has 5 heteroatoms. The van der Waals surface area contributed by atoms with Gasteiger partial charge in [-0.05, 0) is 25.7 Å². The van der Waals surface area contributed by atoms with Gasteiger partial charge in [-0.2, -0.15) is 0 Å². The number of hydrogen-bond acceptors (Lipinski definition) is 3. The van der Waals surface area contributed by atoms with E-state index in [0.717, 1.165) is 25.7 Å². The number of carbonyl (C=O) groups excluding carboxylic acids is 1. The van der Waals surface area contributed by atoms with Crippen LogP contribution < -0.4 is 5.73 Å². The van der Waals surface area contributed by atoms with E-state index in [9.17, 15) is 9.59 Å². The molecular weight excluding hydrogens is 202 g/mol. The topological polar surface area (TPSA) is 80.4 Å². The second-order valence-corrected chi connectivity index (χ2v) is 4.88. The SMILES string of the molecule is NC(=O)CSC1CCC(C(=O)O)CC1. The molecule has 0 aliphatic heterocycles. The number of carbonyl (C=O) groups is 2. The van der Waals surface area contributed by atoms with Gasteiger partial charge in [-0.3, -0.25) is 9.59 Å². The molecule has 0 heterocycles. The first-order valence-corrected chi connectivity index (χ1v) is 5.77. The highest BCUT2D eigenvalue weighted by Crippen LogP contribution is 2.31. The molecule has 0 spiro atoms. The van der Waals surface area contributed by atoms with Crippen LogP contribution in [0.4, 0.5) is 0 Å². The third kappa shape index (κ3) is 3.57. The molecular formula is C9H15NO3S. The van der Waals surface area contributed by atoms with E-state index in [1.807, 2.05) is 0 Å². The Morgan fingerprint density at radius 3 is 2.29 bits per heavy atom. The first-order valence-electron chi connectivity index (χ1n) is 4.72. The highest BCUT2D eigenvalue weighted by Gasteiger charge is 2.26. The second kappa shape index (κ2) is 5.24. The number of thioether (sulfide) groups is 1. The van der Waals surface area contributed by atoms with Gasteiger partial charge in [0.25, 0.3) is 0 Å². The van der Waals surface area contributed by atoms with Crippen LogP contribution in [0.3, 0.4) is 0 Å². The maximum Gasteiger partial charge on any atom is 0.306 e. The van der Waals surface area contributed by atoms with Crippen LogP contribution in [0.25, 0.3) is 0 Å². The fourth-order valence-corrected chi connectivity index (χ4v) is 2.68. The summed E-state index contributed by atoms with van der Waals surface area (Å²) in [5.41, 5.74) is 5.03. The van der Waals surface area contributed by atoms with Gasteiger partial charge in [0.1, 0.15) is 0 Å². The highest BCUT2D eigenvalue weighted by atomic mass is 32.2. The molecule has 0 aromatic heterocycles. The number of primary amides is 1. The Bertz CT molecular complexity index is 224. The smallest absolute Gasteiger partial charge is 0.306 e. The maximum atomic E-state index is 10.6. The van der Waals surface area contributed by atoms with Crippen LogP contribution in [0, 0.1) is 5.92 Å². The van der Waals surface area contributed by atoms with Gasteiger partial charge in [0.05, 0.1) is 11.7 Å². The molecule has 0 aromatic carbocycles. The standard InChI is InChI=1S/C9H15NO3S/c10-8(11)5-14-7-3-1-6(2-4-7)9(12)13/h6-7H,1-5H2,(H2,10,11)(H,12,13). The largest absolute Gasteiger partial charge is 0.481 e. The Balaban J connectivity index is 2.22. The average Bonchev–Trinajstić information content (AvgIpc) is 2.15. The molecule has 0 radical (unpaired) electrons. The van der Waals surface area contributed by atoms with Crippen molar-refractivity contribution in [2.75, 3.05) is 5.75 Å². The van der Waals surface area contributed by atoms with E-state index in [4.69, 9.17) is 10.8 Å². The molecule has 1 rings (SSSR count). The number of carboxylic acid groups (broad SMARTS) is 1. The predicted octanol–water partition coefficient (Wildman–Crippen LogP) is 0.848. The monoisotopic (exact) mass is 217 g/mol. The van der Waals surface area contributed by atoms with E-state index in [-0.39, 0.29) is 11.8 Å². The van der Waals surface area contributed by atoms with Crippen molar-refractivity contribution >= 4 is 23.6 Å². The van der Waals surface area contributed by atoms with Crippen molar-refractivity contribution in [3.8, 4) is 0 Å². The lowest BCUT2D eigenvalue weighted by Gasteiger charge is -2.25. The molecule has 0 atom stereocenters. The minimum absolute atomic E-state index is 0.180. The molecule has 0 bridgehead atoms. The Morgan fingerprint density at radius 2 is 1.86 bits per heavy atom. The average molecular weight is 217 g/mol. The van der Waals surface area contributed by atoms with Crippen LogP contribution >= 0.6 is 11.8 Å². The Morgan fingerprint density at radius 1 is 1.29 bits per heavy atom. The van der Waals surface area contributed by atoms with E-state index in [2.05, 4.69) is 0 Å². The highest BCUT2D eigenvalue weighted by molar-refractivity contribution is 8.00. The number of aliphatic carboxylic acids is 1. The zero-order valence-corrected chi connectivity index (χ0v) is 8.76. The molecule has 1 amide bonds. The Labute approximate surface area is 87.2 Å². The molecule has 80 valence electrons. The van der Waals surface area contributed by atoms with Gasteiger partial charge in [0.2, 0.25) is 5.91 Å². The summed E-state index contributed by atoms with van der Waals surface area (Å²) in [5.74, 6) is -0.818. The number of hydrogen-bond donors (Lipinski definition) is 2. The van der Waals surface area contributed by atoms with E-state index in [1.165, 1.54) is 0 Å². The van der Waals surface area contributed by atoms with E-state index >= 15 is 0 Å². The lowest BCUT2D eigenvalue weighted by Crippen LogP contribution is -2.24. The quantitative estimate of drug-likeness (QED) is 0.731. The summed E-state index contributed by atoms with van der Waals surface area (Å²) >= 11 is 1.55. The number of carboxylic acids is 1.